The van der Waals surface area contributed by atoms with Crippen LogP contribution in [0.1, 0.15) is 17.5 Å². The van der Waals surface area contributed by atoms with E-state index in [1.807, 2.05) is 0 Å². The number of rotatable bonds is 1. The van der Waals surface area contributed by atoms with Gasteiger partial charge in [0.15, 0.2) is 0 Å². The molecule has 0 unspecified atom stereocenters. The molecule has 9 heteroatoms. The Hall–Kier alpha value is -3.54. The molecule has 0 atom stereocenters. The number of aromatic amines is 1. The zero-order valence-corrected chi connectivity index (χ0v) is 13.4. The number of halogens is 2. The number of H-pyrrole nitrogens is 1. The first kappa shape index (κ1) is 14.8. The number of aryl methyl sites for hydroxylation is 1. The number of benzene rings is 1. The zero-order chi connectivity index (χ0) is 17.8. The largest absolute Gasteiger partial charge is 0.310 e. The summed E-state index contributed by atoms with van der Waals surface area (Å²) in [5.41, 5.74) is 1.58. The van der Waals surface area contributed by atoms with Crippen LogP contribution in [0, 0.1) is 23.0 Å². The number of nitriles is 1. The Morgan fingerprint density at radius 1 is 1.15 bits per heavy atom. The van der Waals surface area contributed by atoms with Gasteiger partial charge in [-0.2, -0.15) is 15.5 Å². The standard InChI is InChI=1S/C17H11F2N7/c18-11-4-9(6-20)5-12(19)14(11)16-23-13-8-21-24-15(13)10-7-22-26-3-1-2-25(16)17(10)26/h4-5,7-8H,1-3H2,(H,21,24). The molecule has 5 rings (SSSR count). The van der Waals surface area contributed by atoms with Crippen LogP contribution < -0.4 is 4.90 Å². The van der Waals surface area contributed by atoms with Crippen LogP contribution in [0.25, 0.3) is 11.3 Å². The lowest BCUT2D eigenvalue weighted by atomic mass is 10.1. The molecule has 1 N–H and O–H groups in total. The number of aromatic nitrogens is 4. The fraction of sp³-hybridized carbons (Fsp3) is 0.176. The van der Waals surface area contributed by atoms with Gasteiger partial charge in [-0.15, -0.1) is 0 Å². The van der Waals surface area contributed by atoms with E-state index in [2.05, 4.69) is 20.3 Å². The van der Waals surface area contributed by atoms with Gasteiger partial charge in [0.25, 0.3) is 0 Å². The number of nitrogens with one attached hydrogen (secondary N) is 1. The molecule has 2 aromatic heterocycles. The molecule has 1 aromatic carbocycles. The van der Waals surface area contributed by atoms with Gasteiger partial charge in [-0.3, -0.25) is 5.10 Å². The van der Waals surface area contributed by atoms with Gasteiger partial charge in [-0.25, -0.2) is 18.5 Å². The number of aliphatic imine (C=N–C) groups is 1. The topological polar surface area (TPSA) is 85.9 Å². The molecule has 2 aliphatic heterocycles. The second-order valence-corrected chi connectivity index (χ2v) is 6.10. The van der Waals surface area contributed by atoms with Crippen molar-refractivity contribution in [3.05, 3.63) is 47.3 Å². The summed E-state index contributed by atoms with van der Waals surface area (Å²) in [6.45, 7) is 1.26. The third-order valence-electron chi connectivity index (χ3n) is 4.58. The maximum Gasteiger partial charge on any atom is 0.148 e. The molecule has 26 heavy (non-hydrogen) atoms. The summed E-state index contributed by atoms with van der Waals surface area (Å²) in [4.78, 5) is 6.28. The Balaban J connectivity index is 1.81. The van der Waals surface area contributed by atoms with Crippen molar-refractivity contribution in [1.82, 2.24) is 20.0 Å². The van der Waals surface area contributed by atoms with Crippen molar-refractivity contribution >= 4 is 17.3 Å². The number of hydrogen-bond donors (Lipinski definition) is 1. The number of nitrogens with zero attached hydrogens (tertiary/aromatic N) is 6. The predicted octanol–water partition coefficient (Wildman–Crippen LogP) is 2.73. The van der Waals surface area contributed by atoms with Crippen molar-refractivity contribution in [1.29, 1.82) is 5.26 Å². The zero-order valence-electron chi connectivity index (χ0n) is 13.4. The summed E-state index contributed by atoms with van der Waals surface area (Å²) in [7, 11) is 0. The molecule has 3 aromatic rings. The molecular weight excluding hydrogens is 340 g/mol. The van der Waals surface area contributed by atoms with E-state index in [0.29, 0.717) is 24.5 Å². The van der Waals surface area contributed by atoms with E-state index in [9.17, 15) is 8.78 Å². The SMILES string of the molecule is N#Cc1cc(F)c(C2=Nc3cn[nH]c3-c3cnn4c3N2CCC4)c(F)c1. The van der Waals surface area contributed by atoms with Crippen molar-refractivity contribution in [2.45, 2.75) is 13.0 Å². The molecule has 4 heterocycles. The molecular formula is C17H11F2N7. The molecule has 0 amide bonds. The van der Waals surface area contributed by atoms with Crippen molar-refractivity contribution in [3.63, 3.8) is 0 Å². The molecule has 0 saturated heterocycles. The Bertz CT molecular complexity index is 1100. The van der Waals surface area contributed by atoms with Crippen LogP contribution in [0.5, 0.6) is 0 Å². The summed E-state index contributed by atoms with van der Waals surface area (Å²) in [5.74, 6) is -0.788. The fourth-order valence-electron chi connectivity index (χ4n) is 3.47. The molecule has 0 aliphatic carbocycles. The van der Waals surface area contributed by atoms with Crippen molar-refractivity contribution in [2.75, 3.05) is 11.4 Å². The Labute approximate surface area is 146 Å². The van der Waals surface area contributed by atoms with Gasteiger partial charge in [0.2, 0.25) is 0 Å². The van der Waals surface area contributed by atoms with Gasteiger partial charge in [0.05, 0.1) is 40.8 Å². The van der Waals surface area contributed by atoms with Crippen molar-refractivity contribution in [2.24, 2.45) is 4.99 Å². The molecule has 128 valence electrons. The second kappa shape index (κ2) is 5.23. The molecule has 0 saturated carbocycles. The Morgan fingerprint density at radius 2 is 1.96 bits per heavy atom. The number of anilines is 1. The lowest BCUT2D eigenvalue weighted by Gasteiger charge is -2.30. The van der Waals surface area contributed by atoms with Gasteiger partial charge >= 0.3 is 0 Å². The quantitative estimate of drug-likeness (QED) is 0.730. The highest BCUT2D eigenvalue weighted by atomic mass is 19.1. The first-order valence-corrected chi connectivity index (χ1v) is 8.02. The summed E-state index contributed by atoms with van der Waals surface area (Å²) in [5, 5.41) is 20.2. The van der Waals surface area contributed by atoms with Crippen LogP contribution in [-0.4, -0.2) is 32.4 Å². The van der Waals surface area contributed by atoms with E-state index in [1.165, 1.54) is 6.20 Å². The average Bonchev–Trinajstić information content (AvgIpc) is 3.23. The van der Waals surface area contributed by atoms with Crippen molar-refractivity contribution in [3.8, 4) is 17.3 Å². The van der Waals surface area contributed by atoms with Gasteiger partial charge < -0.3 is 4.90 Å². The van der Waals surface area contributed by atoms with E-state index in [1.54, 1.807) is 21.8 Å². The van der Waals surface area contributed by atoms with Crippen LogP contribution in [-0.2, 0) is 6.54 Å². The second-order valence-electron chi connectivity index (χ2n) is 6.10. The Kier molecular flexibility index (Phi) is 2.97. The van der Waals surface area contributed by atoms with E-state index in [-0.39, 0.29) is 17.0 Å². The minimum Gasteiger partial charge on any atom is -0.310 e. The molecule has 7 nitrogen and oxygen atoms in total. The van der Waals surface area contributed by atoms with Crippen molar-refractivity contribution < 1.29 is 8.78 Å². The predicted molar refractivity (Wildman–Crippen MR) is 89.0 cm³/mol. The number of hydrogen-bond acceptors (Lipinski definition) is 5. The third-order valence-corrected chi connectivity index (χ3v) is 4.58. The van der Waals surface area contributed by atoms with Gasteiger partial charge in [-0.05, 0) is 18.6 Å². The molecule has 0 fully saturated rings. The highest BCUT2D eigenvalue weighted by Gasteiger charge is 2.33. The maximum absolute atomic E-state index is 14.7. The van der Waals surface area contributed by atoms with E-state index in [4.69, 9.17) is 5.26 Å². The average molecular weight is 351 g/mol. The maximum atomic E-state index is 14.7. The van der Waals surface area contributed by atoms with E-state index in [0.717, 1.165) is 29.9 Å². The first-order valence-electron chi connectivity index (χ1n) is 8.02. The highest BCUT2D eigenvalue weighted by molar-refractivity contribution is 6.14. The lowest BCUT2D eigenvalue weighted by molar-refractivity contribution is 0.543. The molecule has 0 radical (unpaired) electrons. The molecule has 2 aliphatic rings. The molecule has 0 spiro atoms. The minimum absolute atomic E-state index is 0.0775. The minimum atomic E-state index is -0.828. The fourth-order valence-corrected chi connectivity index (χ4v) is 3.47. The van der Waals surface area contributed by atoms with Crippen LogP contribution in [0.15, 0.2) is 29.5 Å². The van der Waals surface area contributed by atoms with Gasteiger partial charge in [0, 0.05) is 13.1 Å². The highest BCUT2D eigenvalue weighted by Crippen LogP contribution is 2.41. The summed E-state index contributed by atoms with van der Waals surface area (Å²) >= 11 is 0. The normalized spacial score (nSPS) is 15.0. The molecule has 0 bridgehead atoms. The van der Waals surface area contributed by atoms with Gasteiger partial charge in [-0.1, -0.05) is 0 Å². The van der Waals surface area contributed by atoms with Crippen LogP contribution in [0.3, 0.4) is 0 Å². The number of amidine groups is 1. The summed E-state index contributed by atoms with van der Waals surface area (Å²) in [6, 6.07) is 3.79. The Morgan fingerprint density at radius 3 is 2.73 bits per heavy atom. The number of fused-ring (bicyclic) bond motifs is 2. The summed E-state index contributed by atoms with van der Waals surface area (Å²) in [6.07, 6.45) is 3.98. The lowest BCUT2D eigenvalue weighted by Crippen LogP contribution is -2.39. The van der Waals surface area contributed by atoms with Gasteiger partial charge in [0.1, 0.15) is 29.0 Å². The smallest absolute Gasteiger partial charge is 0.148 e. The monoisotopic (exact) mass is 351 g/mol. The van der Waals surface area contributed by atoms with Crippen LogP contribution in [0.2, 0.25) is 0 Å². The first-order chi connectivity index (χ1) is 12.7. The van der Waals surface area contributed by atoms with E-state index < -0.39 is 11.6 Å². The van der Waals surface area contributed by atoms with E-state index >= 15 is 0 Å². The summed E-state index contributed by atoms with van der Waals surface area (Å²) < 4.78 is 31.2. The van der Waals surface area contributed by atoms with Crippen LogP contribution >= 0.6 is 0 Å². The third kappa shape index (κ3) is 1.92. The van der Waals surface area contributed by atoms with Crippen LogP contribution in [0.4, 0.5) is 20.3 Å².